The number of aromatic nitrogens is 1. The lowest BCUT2D eigenvalue weighted by molar-refractivity contribution is -0.00375. The molecule has 1 saturated carbocycles. The molecule has 0 aliphatic heterocycles. The third kappa shape index (κ3) is 1.59. The molecule has 1 aromatic carbocycles. The van der Waals surface area contributed by atoms with Crippen molar-refractivity contribution in [2.45, 2.75) is 38.2 Å². The lowest BCUT2D eigenvalue weighted by Crippen LogP contribution is -2.29. The van der Waals surface area contributed by atoms with Gasteiger partial charge in [-0.05, 0) is 54.3 Å². The summed E-state index contributed by atoms with van der Waals surface area (Å²) in [6.45, 7) is 2.18. The molecule has 2 heteroatoms. The zero-order valence-corrected chi connectivity index (χ0v) is 10.2. The molecule has 2 N–H and O–H groups in total. The quantitative estimate of drug-likeness (QED) is 0.811. The molecule has 1 aromatic heterocycles. The molecule has 0 radical (unpaired) electrons. The van der Waals surface area contributed by atoms with Gasteiger partial charge >= 0.3 is 0 Å². The lowest BCUT2D eigenvalue weighted by atomic mass is 9.82. The van der Waals surface area contributed by atoms with Crippen LogP contribution in [0.25, 0.3) is 10.9 Å². The standard InChI is InChI=1S/C15H19NO/c1-2-12-4-3-8-15(12,17)13-5-6-14-11(10-13)7-9-16-14/h5-7,9-10,12,16-17H,2-4,8H2,1H3. The van der Waals surface area contributed by atoms with Crippen molar-refractivity contribution in [3.8, 4) is 0 Å². The Kier molecular flexibility index (Phi) is 2.48. The van der Waals surface area contributed by atoms with Gasteiger partial charge in [0.05, 0.1) is 5.60 Å². The second kappa shape index (κ2) is 3.88. The summed E-state index contributed by atoms with van der Waals surface area (Å²) in [6, 6.07) is 8.36. The van der Waals surface area contributed by atoms with E-state index >= 15 is 0 Å². The number of rotatable bonds is 2. The van der Waals surface area contributed by atoms with E-state index in [9.17, 15) is 5.11 Å². The Morgan fingerprint density at radius 3 is 3.12 bits per heavy atom. The highest BCUT2D eigenvalue weighted by Gasteiger charge is 2.41. The van der Waals surface area contributed by atoms with Crippen molar-refractivity contribution in [3.63, 3.8) is 0 Å². The van der Waals surface area contributed by atoms with Gasteiger partial charge in [-0.15, -0.1) is 0 Å². The Balaban J connectivity index is 2.07. The number of hydrogen-bond acceptors (Lipinski definition) is 1. The summed E-state index contributed by atoms with van der Waals surface area (Å²) in [5.74, 6) is 0.416. The molecule has 17 heavy (non-hydrogen) atoms. The molecule has 90 valence electrons. The van der Waals surface area contributed by atoms with Gasteiger partial charge in [0.25, 0.3) is 0 Å². The summed E-state index contributed by atoms with van der Waals surface area (Å²) >= 11 is 0. The molecule has 2 aromatic rings. The first kappa shape index (κ1) is 10.8. The van der Waals surface area contributed by atoms with Crippen LogP contribution in [-0.2, 0) is 5.60 Å². The third-order valence-corrected chi connectivity index (χ3v) is 4.33. The number of hydrogen-bond donors (Lipinski definition) is 2. The van der Waals surface area contributed by atoms with Gasteiger partial charge in [0.15, 0.2) is 0 Å². The molecule has 0 bridgehead atoms. The summed E-state index contributed by atoms with van der Waals surface area (Å²) in [5, 5.41) is 12.1. The fraction of sp³-hybridized carbons (Fsp3) is 0.467. The Morgan fingerprint density at radius 1 is 1.41 bits per heavy atom. The Morgan fingerprint density at radius 2 is 2.29 bits per heavy atom. The monoisotopic (exact) mass is 229 g/mol. The fourth-order valence-electron chi connectivity index (χ4n) is 3.31. The van der Waals surface area contributed by atoms with Gasteiger partial charge in [0.2, 0.25) is 0 Å². The summed E-state index contributed by atoms with van der Waals surface area (Å²) in [5.41, 5.74) is 1.64. The molecule has 2 nitrogen and oxygen atoms in total. The number of H-pyrrole nitrogens is 1. The molecular formula is C15H19NO. The molecule has 1 heterocycles. The van der Waals surface area contributed by atoms with Crippen molar-refractivity contribution >= 4 is 10.9 Å². The minimum Gasteiger partial charge on any atom is -0.385 e. The van der Waals surface area contributed by atoms with E-state index in [1.807, 2.05) is 6.20 Å². The molecule has 1 aliphatic carbocycles. The van der Waals surface area contributed by atoms with Gasteiger partial charge in [0, 0.05) is 11.7 Å². The van der Waals surface area contributed by atoms with Crippen molar-refractivity contribution in [1.82, 2.24) is 4.98 Å². The highest BCUT2D eigenvalue weighted by molar-refractivity contribution is 5.80. The maximum atomic E-state index is 10.9. The topological polar surface area (TPSA) is 36.0 Å². The maximum absolute atomic E-state index is 10.9. The number of aliphatic hydroxyl groups is 1. The van der Waals surface area contributed by atoms with Gasteiger partial charge in [-0.25, -0.2) is 0 Å². The SMILES string of the molecule is CCC1CCCC1(O)c1ccc2[nH]ccc2c1. The van der Waals surface area contributed by atoms with Crippen LogP contribution in [0.15, 0.2) is 30.5 Å². The molecule has 2 atom stereocenters. The number of nitrogens with one attached hydrogen (secondary N) is 1. The lowest BCUT2D eigenvalue weighted by Gasteiger charge is -2.30. The highest BCUT2D eigenvalue weighted by Crippen LogP contribution is 2.45. The molecule has 0 saturated heterocycles. The highest BCUT2D eigenvalue weighted by atomic mass is 16.3. The van der Waals surface area contributed by atoms with Crippen LogP contribution < -0.4 is 0 Å². The van der Waals surface area contributed by atoms with Gasteiger partial charge in [-0.2, -0.15) is 0 Å². The second-order valence-electron chi connectivity index (χ2n) is 5.20. The van der Waals surface area contributed by atoms with Crippen LogP contribution in [-0.4, -0.2) is 10.1 Å². The average molecular weight is 229 g/mol. The minimum atomic E-state index is -0.597. The molecule has 0 spiro atoms. The molecule has 3 rings (SSSR count). The summed E-state index contributed by atoms with van der Waals surface area (Å²) < 4.78 is 0. The van der Waals surface area contributed by atoms with E-state index in [0.717, 1.165) is 36.8 Å². The molecule has 2 unspecified atom stereocenters. The van der Waals surface area contributed by atoms with Crippen LogP contribution in [0.1, 0.15) is 38.2 Å². The summed E-state index contributed by atoms with van der Waals surface area (Å²) in [4.78, 5) is 3.19. The largest absolute Gasteiger partial charge is 0.385 e. The van der Waals surface area contributed by atoms with E-state index in [4.69, 9.17) is 0 Å². The van der Waals surface area contributed by atoms with Crippen LogP contribution in [0.2, 0.25) is 0 Å². The van der Waals surface area contributed by atoms with Crippen molar-refractivity contribution in [2.24, 2.45) is 5.92 Å². The van der Waals surface area contributed by atoms with Crippen molar-refractivity contribution in [2.75, 3.05) is 0 Å². The smallest absolute Gasteiger partial charge is 0.0924 e. The maximum Gasteiger partial charge on any atom is 0.0924 e. The van der Waals surface area contributed by atoms with Gasteiger partial charge < -0.3 is 10.1 Å². The zero-order chi connectivity index (χ0) is 11.9. The zero-order valence-electron chi connectivity index (χ0n) is 10.2. The van der Waals surface area contributed by atoms with E-state index in [-0.39, 0.29) is 0 Å². The van der Waals surface area contributed by atoms with E-state index in [1.54, 1.807) is 0 Å². The van der Waals surface area contributed by atoms with E-state index in [1.165, 1.54) is 5.39 Å². The molecule has 1 fully saturated rings. The first-order valence-corrected chi connectivity index (χ1v) is 6.54. The Labute approximate surface area is 102 Å². The van der Waals surface area contributed by atoms with E-state index in [0.29, 0.717) is 5.92 Å². The van der Waals surface area contributed by atoms with Crippen LogP contribution in [0.4, 0.5) is 0 Å². The fourth-order valence-corrected chi connectivity index (χ4v) is 3.31. The molecule has 0 amide bonds. The second-order valence-corrected chi connectivity index (χ2v) is 5.20. The Hall–Kier alpha value is -1.28. The van der Waals surface area contributed by atoms with Crippen molar-refractivity contribution in [1.29, 1.82) is 0 Å². The molecular weight excluding hydrogens is 210 g/mol. The van der Waals surface area contributed by atoms with Gasteiger partial charge in [0.1, 0.15) is 0 Å². The first-order valence-electron chi connectivity index (χ1n) is 6.54. The van der Waals surface area contributed by atoms with Crippen molar-refractivity contribution < 1.29 is 5.11 Å². The molecule has 1 aliphatic rings. The predicted molar refractivity (Wildman–Crippen MR) is 69.8 cm³/mol. The normalized spacial score (nSPS) is 28.9. The number of benzene rings is 1. The summed E-state index contributed by atoms with van der Waals surface area (Å²) in [7, 11) is 0. The van der Waals surface area contributed by atoms with Crippen LogP contribution in [0.5, 0.6) is 0 Å². The van der Waals surface area contributed by atoms with Crippen molar-refractivity contribution in [3.05, 3.63) is 36.0 Å². The van der Waals surface area contributed by atoms with Crippen LogP contribution in [0.3, 0.4) is 0 Å². The Bertz CT molecular complexity index is 530. The third-order valence-electron chi connectivity index (χ3n) is 4.33. The van der Waals surface area contributed by atoms with E-state index in [2.05, 4.69) is 36.2 Å². The average Bonchev–Trinajstić information content (AvgIpc) is 2.94. The van der Waals surface area contributed by atoms with Gasteiger partial charge in [-0.1, -0.05) is 19.4 Å². The van der Waals surface area contributed by atoms with E-state index < -0.39 is 5.60 Å². The number of fused-ring (bicyclic) bond motifs is 1. The van der Waals surface area contributed by atoms with Gasteiger partial charge in [-0.3, -0.25) is 0 Å². The first-order chi connectivity index (χ1) is 8.24. The number of aromatic amines is 1. The summed E-state index contributed by atoms with van der Waals surface area (Å²) in [6.07, 6.45) is 6.20. The predicted octanol–water partition coefficient (Wildman–Crippen LogP) is 3.57. The van der Waals surface area contributed by atoms with Crippen LogP contribution in [0, 0.1) is 5.92 Å². The van der Waals surface area contributed by atoms with Crippen LogP contribution >= 0.6 is 0 Å². The minimum absolute atomic E-state index is 0.416.